The molecule has 2 atom stereocenters. The van der Waals surface area contributed by atoms with Gasteiger partial charge in [-0.2, -0.15) is 0 Å². The molecule has 2 heterocycles. The molecule has 0 bridgehead atoms. The first-order valence-corrected chi connectivity index (χ1v) is 9.30. The maximum absolute atomic E-state index is 5.70. The minimum absolute atomic E-state index is 0.398. The highest BCUT2D eigenvalue weighted by molar-refractivity contribution is 5.19. The van der Waals surface area contributed by atoms with E-state index >= 15 is 0 Å². The average molecular weight is 316 g/mol. The van der Waals surface area contributed by atoms with Crippen molar-refractivity contribution in [3.8, 4) is 0 Å². The molecule has 3 rings (SSSR count). The summed E-state index contributed by atoms with van der Waals surface area (Å²) in [6.07, 6.45) is 2.99. The Morgan fingerprint density at radius 2 is 1.74 bits per heavy atom. The van der Waals surface area contributed by atoms with Crippen LogP contribution in [0.15, 0.2) is 30.3 Å². The van der Waals surface area contributed by atoms with Gasteiger partial charge in [0, 0.05) is 38.3 Å². The maximum atomic E-state index is 5.70. The number of hydrogen-bond donors (Lipinski definition) is 0. The second-order valence-electron chi connectivity index (χ2n) is 7.54. The van der Waals surface area contributed by atoms with Crippen molar-refractivity contribution in [1.29, 1.82) is 0 Å². The molecule has 3 nitrogen and oxygen atoms in total. The number of nitrogens with zero attached hydrogens (tertiary/aromatic N) is 2. The van der Waals surface area contributed by atoms with E-state index in [2.05, 4.69) is 60.9 Å². The van der Waals surface area contributed by atoms with E-state index in [1.807, 2.05) is 0 Å². The fourth-order valence-electron chi connectivity index (χ4n) is 4.37. The quantitative estimate of drug-likeness (QED) is 0.844. The van der Waals surface area contributed by atoms with Crippen LogP contribution in [0.3, 0.4) is 0 Å². The summed E-state index contributed by atoms with van der Waals surface area (Å²) in [5, 5.41) is 0. The molecular weight excluding hydrogens is 284 g/mol. The summed E-state index contributed by atoms with van der Waals surface area (Å²) in [6.45, 7) is 12.5. The molecule has 2 aliphatic heterocycles. The van der Waals surface area contributed by atoms with Crippen molar-refractivity contribution < 1.29 is 4.74 Å². The highest BCUT2D eigenvalue weighted by Gasteiger charge is 2.31. The van der Waals surface area contributed by atoms with Gasteiger partial charge < -0.3 is 4.74 Å². The van der Waals surface area contributed by atoms with Crippen LogP contribution in [0.25, 0.3) is 0 Å². The van der Waals surface area contributed by atoms with E-state index in [-0.39, 0.29) is 0 Å². The first kappa shape index (κ1) is 16.9. The van der Waals surface area contributed by atoms with Crippen LogP contribution in [0, 0.1) is 5.92 Å². The zero-order valence-corrected chi connectivity index (χ0v) is 14.9. The molecule has 0 amide bonds. The van der Waals surface area contributed by atoms with Gasteiger partial charge in [-0.1, -0.05) is 44.2 Å². The third kappa shape index (κ3) is 4.14. The monoisotopic (exact) mass is 316 g/mol. The van der Waals surface area contributed by atoms with Crippen LogP contribution in [0.1, 0.15) is 45.2 Å². The average Bonchev–Trinajstić information content (AvgIpc) is 2.56. The minimum Gasteiger partial charge on any atom is -0.376 e. The highest BCUT2D eigenvalue weighted by atomic mass is 16.5. The number of ether oxygens (including phenoxy) is 1. The Balaban J connectivity index is 1.60. The summed E-state index contributed by atoms with van der Waals surface area (Å²) in [5.41, 5.74) is 1.47. The van der Waals surface area contributed by atoms with Crippen molar-refractivity contribution in [2.75, 3.05) is 32.8 Å². The van der Waals surface area contributed by atoms with Gasteiger partial charge in [-0.05, 0) is 31.2 Å². The van der Waals surface area contributed by atoms with Crippen LogP contribution in [0.2, 0.25) is 0 Å². The first-order chi connectivity index (χ1) is 11.1. The van der Waals surface area contributed by atoms with Crippen molar-refractivity contribution >= 4 is 0 Å². The lowest BCUT2D eigenvalue weighted by atomic mass is 9.91. The molecule has 2 aliphatic rings. The van der Waals surface area contributed by atoms with Crippen molar-refractivity contribution in [1.82, 2.24) is 9.80 Å². The van der Waals surface area contributed by atoms with Crippen LogP contribution in [-0.2, 0) is 4.74 Å². The second-order valence-corrected chi connectivity index (χ2v) is 7.54. The van der Waals surface area contributed by atoms with E-state index in [0.717, 1.165) is 25.7 Å². The molecule has 0 spiro atoms. The van der Waals surface area contributed by atoms with E-state index in [1.54, 1.807) is 0 Å². The Morgan fingerprint density at radius 1 is 1.04 bits per heavy atom. The largest absolute Gasteiger partial charge is 0.376 e. The normalized spacial score (nSPS) is 26.5. The summed E-state index contributed by atoms with van der Waals surface area (Å²) in [6, 6.07) is 12.4. The molecule has 128 valence electrons. The lowest BCUT2D eigenvalue weighted by Gasteiger charge is -2.44. The van der Waals surface area contributed by atoms with Crippen LogP contribution in [0.5, 0.6) is 0 Å². The second kappa shape index (κ2) is 7.78. The van der Waals surface area contributed by atoms with Gasteiger partial charge in [-0.15, -0.1) is 0 Å². The molecule has 0 saturated carbocycles. The van der Waals surface area contributed by atoms with Gasteiger partial charge in [0.2, 0.25) is 0 Å². The van der Waals surface area contributed by atoms with Gasteiger partial charge in [0.15, 0.2) is 0 Å². The van der Waals surface area contributed by atoms with Gasteiger partial charge in [0.1, 0.15) is 0 Å². The van der Waals surface area contributed by atoms with E-state index in [0.29, 0.717) is 18.1 Å². The topological polar surface area (TPSA) is 15.7 Å². The molecule has 0 aliphatic carbocycles. The van der Waals surface area contributed by atoms with Gasteiger partial charge >= 0.3 is 0 Å². The Bertz CT molecular complexity index is 468. The lowest BCUT2D eigenvalue weighted by Crippen LogP contribution is -2.51. The van der Waals surface area contributed by atoms with Crippen LogP contribution < -0.4 is 0 Å². The molecule has 0 radical (unpaired) electrons. The zero-order chi connectivity index (χ0) is 16.2. The zero-order valence-electron chi connectivity index (χ0n) is 14.9. The molecule has 2 fully saturated rings. The van der Waals surface area contributed by atoms with Gasteiger partial charge in [0.25, 0.3) is 0 Å². The maximum Gasteiger partial charge on any atom is 0.0674 e. The summed E-state index contributed by atoms with van der Waals surface area (Å²) in [7, 11) is 0. The van der Waals surface area contributed by atoms with Crippen molar-refractivity contribution in [2.45, 2.75) is 51.8 Å². The predicted molar refractivity (Wildman–Crippen MR) is 95.6 cm³/mol. The minimum atomic E-state index is 0.398. The van der Waals surface area contributed by atoms with Gasteiger partial charge in [-0.3, -0.25) is 9.80 Å². The van der Waals surface area contributed by atoms with Crippen molar-refractivity contribution in [3.63, 3.8) is 0 Å². The van der Waals surface area contributed by atoms with E-state index < -0.39 is 0 Å². The number of rotatable bonds is 4. The number of piperidine rings is 1. The fourth-order valence-corrected chi connectivity index (χ4v) is 4.37. The Kier molecular flexibility index (Phi) is 5.73. The molecule has 3 heteroatoms. The molecule has 0 N–H and O–H groups in total. The third-order valence-corrected chi connectivity index (χ3v) is 5.45. The molecule has 0 unspecified atom stereocenters. The van der Waals surface area contributed by atoms with Gasteiger partial charge in [0.05, 0.1) is 12.7 Å². The van der Waals surface area contributed by atoms with E-state index in [1.165, 1.54) is 31.5 Å². The molecule has 0 aromatic heterocycles. The smallest absolute Gasteiger partial charge is 0.0674 e. The van der Waals surface area contributed by atoms with Crippen LogP contribution in [0.4, 0.5) is 0 Å². The van der Waals surface area contributed by atoms with Gasteiger partial charge in [-0.25, -0.2) is 0 Å². The van der Waals surface area contributed by atoms with E-state index in [4.69, 9.17) is 4.74 Å². The molecule has 1 aromatic rings. The Morgan fingerprint density at radius 3 is 2.35 bits per heavy atom. The Labute approximate surface area is 141 Å². The number of likely N-dealkylation sites (tertiary alicyclic amines) is 1. The molecule has 2 saturated heterocycles. The summed E-state index contributed by atoms with van der Waals surface area (Å²) >= 11 is 0. The SMILES string of the molecule is CC(C)[C@@H](c1ccccc1)N1CCC(N2CCO[C@H](C)C2)CC1. The molecule has 1 aromatic carbocycles. The molecular formula is C20H32N2O. The summed E-state index contributed by atoms with van der Waals surface area (Å²) in [4.78, 5) is 5.37. The number of hydrogen-bond acceptors (Lipinski definition) is 3. The van der Waals surface area contributed by atoms with Crippen LogP contribution >= 0.6 is 0 Å². The number of morpholine rings is 1. The first-order valence-electron chi connectivity index (χ1n) is 9.30. The van der Waals surface area contributed by atoms with Crippen molar-refractivity contribution in [2.24, 2.45) is 5.92 Å². The predicted octanol–water partition coefficient (Wildman–Crippen LogP) is 3.57. The molecule has 23 heavy (non-hydrogen) atoms. The fraction of sp³-hybridized carbons (Fsp3) is 0.700. The third-order valence-electron chi connectivity index (χ3n) is 5.45. The van der Waals surface area contributed by atoms with Crippen molar-refractivity contribution in [3.05, 3.63) is 35.9 Å². The Hall–Kier alpha value is -0.900. The number of benzene rings is 1. The summed E-state index contributed by atoms with van der Waals surface area (Å²) in [5.74, 6) is 0.650. The van der Waals surface area contributed by atoms with E-state index in [9.17, 15) is 0 Å². The summed E-state index contributed by atoms with van der Waals surface area (Å²) < 4.78 is 5.70. The lowest BCUT2D eigenvalue weighted by molar-refractivity contribution is -0.0466. The standard InChI is InChI=1S/C20H32N2O/c1-16(2)20(18-7-5-4-6-8-18)21-11-9-19(10-12-21)22-13-14-23-17(3)15-22/h4-8,16-17,19-20H,9-15H2,1-3H3/t17-,20+/m1/s1. The highest BCUT2D eigenvalue weighted by Crippen LogP contribution is 2.32. The van der Waals surface area contributed by atoms with Crippen LogP contribution in [-0.4, -0.2) is 54.7 Å².